The van der Waals surface area contributed by atoms with Crippen LogP contribution in [0.2, 0.25) is 5.02 Å². The van der Waals surface area contributed by atoms with Crippen molar-refractivity contribution >= 4 is 45.5 Å². The molecule has 1 aromatic carbocycles. The zero-order chi connectivity index (χ0) is 25.5. The molecule has 0 bridgehead atoms. The lowest BCUT2D eigenvalue weighted by Gasteiger charge is -2.28. The summed E-state index contributed by atoms with van der Waals surface area (Å²) in [5.41, 5.74) is 1.48. The number of methoxy groups -OCH3 is 1. The summed E-state index contributed by atoms with van der Waals surface area (Å²) in [4.78, 5) is 13.1. The smallest absolute Gasteiger partial charge is 0.264 e. The highest BCUT2D eigenvalue weighted by atomic mass is 35.5. The Labute approximate surface area is 216 Å². The second kappa shape index (κ2) is 11.7. The maximum atomic E-state index is 12.7. The van der Waals surface area contributed by atoms with Gasteiger partial charge >= 0.3 is 0 Å². The molecular formula is C25H29ClN6O3S. The Kier molecular flexibility index (Phi) is 8.40. The third-order valence-corrected chi connectivity index (χ3v) is 7.90. The van der Waals surface area contributed by atoms with E-state index >= 15 is 0 Å². The minimum absolute atomic E-state index is 0.0278. The standard InChI is InChI=1S/C25H29ClN6O3S/c1-27-19-10-12-20(13-11-19)30-25-28-15-17(16-29-25)7-8-18-9-14-23(31-24(18)35-2)32-36(33,34)22-6-4-3-5-21(22)26/h3-9,14-16,19-20,27H,10-13H2,1-2H3,(H,31,32)(H,28,29,30)/b8-7+/t19-,20-. The Hall–Kier alpha value is -3.21. The second-order valence-electron chi connectivity index (χ2n) is 8.49. The van der Waals surface area contributed by atoms with E-state index in [0.717, 1.165) is 31.2 Å². The van der Waals surface area contributed by atoms with Crippen molar-refractivity contribution in [1.29, 1.82) is 0 Å². The maximum absolute atomic E-state index is 12.7. The lowest BCUT2D eigenvalue weighted by molar-refractivity contribution is 0.370. The van der Waals surface area contributed by atoms with Gasteiger partial charge in [0, 0.05) is 35.6 Å². The molecule has 1 fully saturated rings. The van der Waals surface area contributed by atoms with E-state index in [2.05, 4.69) is 30.3 Å². The monoisotopic (exact) mass is 528 g/mol. The van der Waals surface area contributed by atoms with E-state index < -0.39 is 10.0 Å². The number of benzene rings is 1. The first kappa shape index (κ1) is 25.9. The summed E-state index contributed by atoms with van der Waals surface area (Å²) in [6.07, 6.45) is 11.6. The molecule has 2 aromatic heterocycles. The van der Waals surface area contributed by atoms with Crippen LogP contribution in [0.1, 0.15) is 36.8 Å². The van der Waals surface area contributed by atoms with Gasteiger partial charge in [-0.15, -0.1) is 0 Å². The second-order valence-corrected chi connectivity index (χ2v) is 10.5. The van der Waals surface area contributed by atoms with Gasteiger partial charge in [0.2, 0.25) is 11.8 Å². The molecule has 2 heterocycles. The highest BCUT2D eigenvalue weighted by molar-refractivity contribution is 7.92. The van der Waals surface area contributed by atoms with Crippen molar-refractivity contribution in [2.75, 3.05) is 24.2 Å². The Balaban J connectivity index is 1.41. The van der Waals surface area contributed by atoms with Crippen LogP contribution in [0.4, 0.5) is 11.8 Å². The number of aromatic nitrogens is 3. The molecule has 0 saturated heterocycles. The lowest BCUT2D eigenvalue weighted by Crippen LogP contribution is -2.35. The number of sulfonamides is 1. The molecular weight excluding hydrogens is 500 g/mol. The first-order chi connectivity index (χ1) is 17.4. The zero-order valence-corrected chi connectivity index (χ0v) is 21.7. The highest BCUT2D eigenvalue weighted by Crippen LogP contribution is 2.26. The summed E-state index contributed by atoms with van der Waals surface area (Å²) in [7, 11) is -0.417. The molecule has 0 aliphatic heterocycles. The van der Waals surface area contributed by atoms with Crippen molar-refractivity contribution in [3.63, 3.8) is 0 Å². The number of rotatable bonds is 9. The van der Waals surface area contributed by atoms with E-state index in [-0.39, 0.29) is 21.6 Å². The van der Waals surface area contributed by atoms with E-state index in [4.69, 9.17) is 16.3 Å². The van der Waals surface area contributed by atoms with Crippen LogP contribution >= 0.6 is 11.6 Å². The SMILES string of the molecule is CN[C@H]1CC[C@H](Nc2ncc(/C=C/c3ccc(NS(=O)(=O)c4ccccc4Cl)nc3OC)cn2)CC1. The van der Waals surface area contributed by atoms with Gasteiger partial charge in [0.1, 0.15) is 10.7 Å². The van der Waals surface area contributed by atoms with E-state index in [9.17, 15) is 8.42 Å². The van der Waals surface area contributed by atoms with Gasteiger partial charge < -0.3 is 15.4 Å². The first-order valence-electron chi connectivity index (χ1n) is 11.6. The number of nitrogens with zero attached hydrogens (tertiary/aromatic N) is 3. The Morgan fingerprint density at radius 1 is 1.00 bits per heavy atom. The quantitative estimate of drug-likeness (QED) is 0.373. The number of hydrogen-bond donors (Lipinski definition) is 3. The van der Waals surface area contributed by atoms with E-state index in [0.29, 0.717) is 23.6 Å². The fraction of sp³-hybridized carbons (Fsp3) is 0.320. The molecule has 1 aliphatic carbocycles. The highest BCUT2D eigenvalue weighted by Gasteiger charge is 2.20. The van der Waals surface area contributed by atoms with E-state index in [1.807, 2.05) is 19.2 Å². The number of nitrogens with one attached hydrogen (secondary N) is 3. The van der Waals surface area contributed by atoms with Crippen molar-refractivity contribution in [3.8, 4) is 5.88 Å². The fourth-order valence-corrected chi connectivity index (χ4v) is 5.57. The molecule has 0 radical (unpaired) electrons. The van der Waals surface area contributed by atoms with Gasteiger partial charge in [-0.2, -0.15) is 4.98 Å². The largest absolute Gasteiger partial charge is 0.481 e. The average molecular weight is 529 g/mol. The van der Waals surface area contributed by atoms with E-state index in [1.54, 1.807) is 36.7 Å². The summed E-state index contributed by atoms with van der Waals surface area (Å²) in [5, 5.41) is 6.88. The zero-order valence-electron chi connectivity index (χ0n) is 20.1. The predicted molar refractivity (Wildman–Crippen MR) is 143 cm³/mol. The predicted octanol–water partition coefficient (Wildman–Crippen LogP) is 4.45. The molecule has 36 heavy (non-hydrogen) atoms. The van der Waals surface area contributed by atoms with Crippen molar-refractivity contribution < 1.29 is 13.2 Å². The van der Waals surface area contributed by atoms with Crippen LogP contribution in [0, 0.1) is 0 Å². The van der Waals surface area contributed by atoms with Gasteiger partial charge in [-0.3, -0.25) is 4.72 Å². The number of ether oxygens (including phenoxy) is 1. The van der Waals surface area contributed by atoms with Crippen molar-refractivity contribution in [3.05, 3.63) is 64.9 Å². The topological polar surface area (TPSA) is 118 Å². The Morgan fingerprint density at radius 2 is 1.69 bits per heavy atom. The number of pyridine rings is 1. The Bertz CT molecular complexity index is 1310. The molecule has 1 aliphatic rings. The van der Waals surface area contributed by atoms with Gasteiger partial charge in [-0.25, -0.2) is 18.4 Å². The first-order valence-corrected chi connectivity index (χ1v) is 13.5. The maximum Gasteiger partial charge on any atom is 0.264 e. The van der Waals surface area contributed by atoms with Crippen molar-refractivity contribution in [1.82, 2.24) is 20.3 Å². The van der Waals surface area contributed by atoms with Crippen LogP contribution in [0.15, 0.2) is 53.7 Å². The van der Waals surface area contributed by atoms with E-state index in [1.165, 1.54) is 19.2 Å². The normalized spacial score (nSPS) is 18.2. The number of anilines is 2. The van der Waals surface area contributed by atoms with Crippen LogP contribution in [0.5, 0.6) is 5.88 Å². The molecule has 0 unspecified atom stereocenters. The molecule has 190 valence electrons. The van der Waals surface area contributed by atoms with Gasteiger partial charge in [0.15, 0.2) is 0 Å². The summed E-state index contributed by atoms with van der Waals surface area (Å²) in [6, 6.07) is 10.5. The third kappa shape index (κ3) is 6.51. The molecule has 3 N–H and O–H groups in total. The molecule has 4 rings (SSSR count). The number of halogens is 1. The van der Waals surface area contributed by atoms with Crippen LogP contribution in [-0.2, 0) is 10.0 Å². The molecule has 1 saturated carbocycles. The fourth-order valence-electron chi connectivity index (χ4n) is 4.05. The summed E-state index contributed by atoms with van der Waals surface area (Å²) in [6.45, 7) is 0. The summed E-state index contributed by atoms with van der Waals surface area (Å²) < 4.78 is 33.2. The van der Waals surface area contributed by atoms with Crippen LogP contribution < -0.4 is 20.1 Å². The van der Waals surface area contributed by atoms with Crippen LogP contribution in [0.25, 0.3) is 12.2 Å². The number of hydrogen-bond acceptors (Lipinski definition) is 8. The van der Waals surface area contributed by atoms with Crippen molar-refractivity contribution in [2.45, 2.75) is 42.7 Å². The van der Waals surface area contributed by atoms with Crippen LogP contribution in [0.3, 0.4) is 0 Å². The summed E-state index contributed by atoms with van der Waals surface area (Å²) >= 11 is 6.04. The molecule has 0 atom stereocenters. The van der Waals surface area contributed by atoms with Gasteiger partial charge in [0.05, 0.1) is 12.1 Å². The van der Waals surface area contributed by atoms with Crippen LogP contribution in [-0.4, -0.2) is 49.6 Å². The Morgan fingerprint density at radius 3 is 2.36 bits per heavy atom. The molecule has 0 spiro atoms. The molecule has 9 nitrogen and oxygen atoms in total. The lowest BCUT2D eigenvalue weighted by atomic mass is 9.91. The van der Waals surface area contributed by atoms with Gasteiger partial charge in [0.25, 0.3) is 10.0 Å². The molecule has 3 aromatic rings. The summed E-state index contributed by atoms with van der Waals surface area (Å²) in [5.74, 6) is 1.00. The minimum atomic E-state index is -3.90. The van der Waals surface area contributed by atoms with Crippen molar-refractivity contribution in [2.24, 2.45) is 0 Å². The molecule has 0 amide bonds. The minimum Gasteiger partial charge on any atom is -0.481 e. The van der Waals surface area contributed by atoms with Gasteiger partial charge in [-0.1, -0.05) is 29.8 Å². The average Bonchev–Trinajstić information content (AvgIpc) is 2.89. The molecule has 11 heteroatoms. The van der Waals surface area contributed by atoms with Gasteiger partial charge in [-0.05, 0) is 63.1 Å². The third-order valence-electron chi connectivity index (χ3n) is 6.04.